The van der Waals surface area contributed by atoms with Crippen molar-refractivity contribution in [2.24, 2.45) is 5.84 Å². The van der Waals surface area contributed by atoms with Crippen molar-refractivity contribution in [2.45, 2.75) is 13.5 Å². The quantitative estimate of drug-likeness (QED) is 0.380. The molecular formula is C10H12I2N6O. The number of anilines is 1. The summed E-state index contributed by atoms with van der Waals surface area (Å²) in [7, 11) is 0. The Morgan fingerprint density at radius 3 is 2.79 bits per heavy atom. The first-order valence-electron chi connectivity index (χ1n) is 5.46. The van der Waals surface area contributed by atoms with Crippen molar-refractivity contribution in [2.75, 3.05) is 12.0 Å². The molecule has 102 valence electrons. The second kappa shape index (κ2) is 6.76. The molecule has 0 aliphatic carbocycles. The zero-order valence-electron chi connectivity index (χ0n) is 10.1. The average molecular weight is 486 g/mol. The van der Waals surface area contributed by atoms with Crippen LogP contribution in [0.25, 0.3) is 5.82 Å². The maximum absolute atomic E-state index is 5.43. The molecule has 0 radical (unpaired) electrons. The zero-order chi connectivity index (χ0) is 13.8. The van der Waals surface area contributed by atoms with Gasteiger partial charge in [0.25, 0.3) is 0 Å². The van der Waals surface area contributed by atoms with E-state index < -0.39 is 0 Å². The first-order valence-corrected chi connectivity index (χ1v) is 7.62. The van der Waals surface area contributed by atoms with Crippen LogP contribution in [0.15, 0.2) is 12.4 Å². The van der Waals surface area contributed by atoms with Crippen molar-refractivity contribution in [3.8, 4) is 5.82 Å². The van der Waals surface area contributed by atoms with Crippen molar-refractivity contribution >= 4 is 51.0 Å². The fraction of sp³-hybridized carbons (Fsp3) is 0.300. The van der Waals surface area contributed by atoms with E-state index in [1.807, 2.05) is 11.5 Å². The molecule has 0 saturated heterocycles. The molecule has 0 atom stereocenters. The number of ether oxygens (including phenoxy) is 1. The highest BCUT2D eigenvalue weighted by molar-refractivity contribution is 14.1. The number of hydrogen-bond donors (Lipinski definition) is 2. The number of nitrogens with zero attached hydrogens (tertiary/aromatic N) is 4. The lowest BCUT2D eigenvalue weighted by atomic mass is 10.5. The van der Waals surface area contributed by atoms with Gasteiger partial charge in [0.2, 0.25) is 0 Å². The molecule has 7 nitrogen and oxygen atoms in total. The summed E-state index contributed by atoms with van der Waals surface area (Å²) in [5.41, 5.74) is 2.54. The van der Waals surface area contributed by atoms with Crippen LogP contribution in [-0.4, -0.2) is 26.1 Å². The van der Waals surface area contributed by atoms with Gasteiger partial charge in [0.1, 0.15) is 32.0 Å². The van der Waals surface area contributed by atoms with Gasteiger partial charge >= 0.3 is 0 Å². The summed E-state index contributed by atoms with van der Waals surface area (Å²) in [4.78, 5) is 12.9. The molecule has 2 aromatic heterocycles. The van der Waals surface area contributed by atoms with E-state index in [-0.39, 0.29) is 0 Å². The van der Waals surface area contributed by atoms with Gasteiger partial charge < -0.3 is 10.2 Å². The lowest BCUT2D eigenvalue weighted by Crippen LogP contribution is -2.13. The summed E-state index contributed by atoms with van der Waals surface area (Å²) < 4.78 is 9.11. The zero-order valence-corrected chi connectivity index (χ0v) is 14.4. The summed E-state index contributed by atoms with van der Waals surface area (Å²) >= 11 is 4.39. The molecule has 0 aliphatic heterocycles. The fourth-order valence-electron chi connectivity index (χ4n) is 1.41. The first kappa shape index (κ1) is 14.9. The van der Waals surface area contributed by atoms with Gasteiger partial charge in [0, 0.05) is 12.7 Å². The van der Waals surface area contributed by atoms with E-state index in [2.05, 4.69) is 65.6 Å². The third kappa shape index (κ3) is 3.52. The molecule has 0 unspecified atom stereocenters. The van der Waals surface area contributed by atoms with E-state index in [0.29, 0.717) is 30.7 Å². The van der Waals surface area contributed by atoms with E-state index >= 15 is 0 Å². The standard InChI is InChI=1S/C10H12I2N6O/c1-2-19-4-7-15-6(17-13)3-8(16-7)18-5-14-9(11)10(18)12/h3,5H,2,4,13H2,1H3,(H,15,16,17). The van der Waals surface area contributed by atoms with E-state index in [4.69, 9.17) is 10.6 Å². The third-order valence-corrected chi connectivity index (χ3v) is 5.11. The summed E-state index contributed by atoms with van der Waals surface area (Å²) in [5, 5.41) is 0. The number of aromatic nitrogens is 4. The minimum absolute atomic E-state index is 0.349. The molecule has 3 N–H and O–H groups in total. The molecule has 0 fully saturated rings. The number of nitrogens with one attached hydrogen (secondary N) is 1. The summed E-state index contributed by atoms with van der Waals surface area (Å²) in [6.07, 6.45) is 1.72. The number of imidazole rings is 1. The largest absolute Gasteiger partial charge is 0.374 e. The third-order valence-electron chi connectivity index (χ3n) is 2.26. The lowest BCUT2D eigenvalue weighted by Gasteiger charge is -2.09. The monoisotopic (exact) mass is 486 g/mol. The molecule has 19 heavy (non-hydrogen) atoms. The van der Waals surface area contributed by atoms with E-state index in [9.17, 15) is 0 Å². The Balaban J connectivity index is 2.41. The van der Waals surface area contributed by atoms with Crippen molar-refractivity contribution in [3.63, 3.8) is 0 Å². The van der Waals surface area contributed by atoms with Crippen LogP contribution in [0.3, 0.4) is 0 Å². The minimum atomic E-state index is 0.349. The normalized spacial score (nSPS) is 10.7. The lowest BCUT2D eigenvalue weighted by molar-refractivity contribution is 0.128. The highest BCUT2D eigenvalue weighted by Crippen LogP contribution is 2.19. The Morgan fingerprint density at radius 2 is 2.21 bits per heavy atom. The number of rotatable bonds is 5. The summed E-state index contributed by atoms with van der Waals surface area (Å²) in [6.45, 7) is 2.88. The van der Waals surface area contributed by atoms with Crippen molar-refractivity contribution in [3.05, 3.63) is 25.6 Å². The molecule has 0 saturated carbocycles. The van der Waals surface area contributed by atoms with E-state index in [0.717, 1.165) is 7.40 Å². The van der Waals surface area contributed by atoms with Crippen LogP contribution in [0.5, 0.6) is 0 Å². The van der Waals surface area contributed by atoms with Crippen LogP contribution < -0.4 is 11.3 Å². The van der Waals surface area contributed by atoms with Gasteiger partial charge in [-0.1, -0.05) is 0 Å². The van der Waals surface area contributed by atoms with Gasteiger partial charge in [0.05, 0.1) is 0 Å². The number of hydrogen-bond acceptors (Lipinski definition) is 6. The Hall–Kier alpha value is -0.530. The number of nitrogen functional groups attached to an aromatic ring is 1. The molecule has 0 amide bonds. The van der Waals surface area contributed by atoms with Gasteiger partial charge in [0.15, 0.2) is 5.82 Å². The second-order valence-corrected chi connectivity index (χ2v) is 5.55. The maximum atomic E-state index is 5.43. The fourth-order valence-corrected chi connectivity index (χ4v) is 2.31. The van der Waals surface area contributed by atoms with Crippen LogP contribution in [0.1, 0.15) is 12.7 Å². The highest BCUT2D eigenvalue weighted by Gasteiger charge is 2.11. The Morgan fingerprint density at radius 1 is 1.42 bits per heavy atom. The number of halogens is 2. The predicted octanol–water partition coefficient (Wildman–Crippen LogP) is 1.69. The first-order chi connectivity index (χ1) is 9.15. The Kier molecular flexibility index (Phi) is 5.29. The molecule has 0 spiro atoms. The van der Waals surface area contributed by atoms with E-state index in [1.54, 1.807) is 12.4 Å². The van der Waals surface area contributed by atoms with Gasteiger partial charge in [-0.2, -0.15) is 0 Å². The van der Waals surface area contributed by atoms with E-state index in [1.165, 1.54) is 0 Å². The smallest absolute Gasteiger partial charge is 0.158 e. The molecule has 9 heteroatoms. The Bertz CT molecular complexity index is 573. The molecule has 0 aliphatic rings. The van der Waals surface area contributed by atoms with Crippen LogP contribution in [0.2, 0.25) is 0 Å². The van der Waals surface area contributed by atoms with Crippen LogP contribution in [0, 0.1) is 7.40 Å². The molecular weight excluding hydrogens is 474 g/mol. The molecule has 0 bridgehead atoms. The number of hydrazine groups is 1. The predicted molar refractivity (Wildman–Crippen MR) is 87.7 cm³/mol. The molecule has 2 heterocycles. The maximum Gasteiger partial charge on any atom is 0.158 e. The van der Waals surface area contributed by atoms with Crippen LogP contribution >= 0.6 is 45.2 Å². The average Bonchev–Trinajstić information content (AvgIpc) is 2.76. The minimum Gasteiger partial charge on any atom is -0.374 e. The van der Waals surface area contributed by atoms with Crippen molar-refractivity contribution in [1.29, 1.82) is 0 Å². The van der Waals surface area contributed by atoms with Crippen molar-refractivity contribution < 1.29 is 4.74 Å². The molecule has 2 aromatic rings. The Labute approximate surface area is 137 Å². The second-order valence-electron chi connectivity index (χ2n) is 3.51. The van der Waals surface area contributed by atoms with Crippen LogP contribution in [-0.2, 0) is 11.3 Å². The number of nitrogens with two attached hydrogens (primary N) is 1. The van der Waals surface area contributed by atoms with Crippen molar-refractivity contribution in [1.82, 2.24) is 19.5 Å². The summed E-state index contributed by atoms with van der Waals surface area (Å²) in [6, 6.07) is 1.76. The summed E-state index contributed by atoms with van der Waals surface area (Å²) in [5.74, 6) is 7.25. The van der Waals surface area contributed by atoms with Gasteiger partial charge in [-0.05, 0) is 52.1 Å². The van der Waals surface area contributed by atoms with Gasteiger partial charge in [-0.25, -0.2) is 20.8 Å². The van der Waals surface area contributed by atoms with Gasteiger partial charge in [-0.15, -0.1) is 0 Å². The molecule has 0 aromatic carbocycles. The van der Waals surface area contributed by atoms with Gasteiger partial charge in [-0.3, -0.25) is 4.57 Å². The topological polar surface area (TPSA) is 90.9 Å². The van der Waals surface area contributed by atoms with Crippen LogP contribution in [0.4, 0.5) is 5.82 Å². The SMILES string of the molecule is CCOCc1nc(NN)cc(-n2cnc(I)c2I)n1. The molecule has 2 rings (SSSR count). The highest BCUT2D eigenvalue weighted by atomic mass is 127.